The van der Waals surface area contributed by atoms with Crippen molar-refractivity contribution >= 4 is 40.6 Å². The number of carbonyl (C=O) groups is 3. The minimum atomic E-state index is -1.68. The molecule has 1 unspecified atom stereocenters. The van der Waals surface area contributed by atoms with Gasteiger partial charge < -0.3 is 15.8 Å². The summed E-state index contributed by atoms with van der Waals surface area (Å²) in [7, 11) is 0. The predicted octanol–water partition coefficient (Wildman–Crippen LogP) is 4.10. The van der Waals surface area contributed by atoms with Crippen molar-refractivity contribution in [1.82, 2.24) is 0 Å². The number of fused-ring (bicyclic) bond motifs is 3. The van der Waals surface area contributed by atoms with Crippen LogP contribution in [0.4, 0.5) is 11.4 Å². The van der Waals surface area contributed by atoms with Gasteiger partial charge in [0.2, 0.25) is 5.91 Å². The van der Waals surface area contributed by atoms with Crippen LogP contribution in [-0.2, 0) is 24.5 Å². The standard InChI is InChI=1S/C26H24ClN3O4/c1-3-34-24(32)22-23(28)30(15-12-11-14(2)17(27)13-15)19-9-6-10-20(31)21(19)26(22)16-7-4-5-8-18(16)29-25(26)33/h4-5,7-8,11-13H,3,6,9-10,28H2,1-2H3,(H,29,33). The smallest absolute Gasteiger partial charge is 0.339 e. The molecule has 7 nitrogen and oxygen atoms in total. The number of nitrogens with zero attached hydrogens (tertiary/aromatic N) is 1. The summed E-state index contributed by atoms with van der Waals surface area (Å²) in [5.74, 6) is -1.35. The number of nitrogens with one attached hydrogen (secondary N) is 1. The molecule has 3 N–H and O–H groups in total. The number of esters is 1. The number of amides is 1. The van der Waals surface area contributed by atoms with Gasteiger partial charge in [-0.2, -0.15) is 0 Å². The number of Topliss-reactive ketones (excluding diaryl/α,β-unsaturated/α-hetero) is 1. The maximum absolute atomic E-state index is 13.8. The van der Waals surface area contributed by atoms with Crippen LogP contribution in [0.15, 0.2) is 65.1 Å². The highest BCUT2D eigenvalue weighted by atomic mass is 35.5. The second-order valence-electron chi connectivity index (χ2n) is 8.60. The van der Waals surface area contributed by atoms with Gasteiger partial charge in [0.1, 0.15) is 16.8 Å². The van der Waals surface area contributed by atoms with E-state index >= 15 is 0 Å². The number of ether oxygens (including phenoxy) is 1. The van der Waals surface area contributed by atoms with Crippen molar-refractivity contribution in [3.8, 4) is 0 Å². The molecule has 0 saturated heterocycles. The van der Waals surface area contributed by atoms with Crippen LogP contribution >= 0.6 is 11.6 Å². The van der Waals surface area contributed by atoms with Crippen LogP contribution in [0.25, 0.3) is 0 Å². The summed E-state index contributed by atoms with van der Waals surface area (Å²) in [5.41, 5.74) is 8.44. The van der Waals surface area contributed by atoms with E-state index in [1.807, 2.05) is 19.1 Å². The monoisotopic (exact) mass is 477 g/mol. The first-order chi connectivity index (χ1) is 16.3. The van der Waals surface area contributed by atoms with Gasteiger partial charge in [-0.1, -0.05) is 35.9 Å². The van der Waals surface area contributed by atoms with E-state index in [1.54, 1.807) is 42.2 Å². The molecule has 2 aromatic carbocycles. The minimum absolute atomic E-state index is 0.0532. The first-order valence-corrected chi connectivity index (χ1v) is 11.6. The molecule has 8 heteroatoms. The number of anilines is 2. The molecule has 1 amide bonds. The number of hydrogen-bond donors (Lipinski definition) is 2. The highest BCUT2D eigenvalue weighted by molar-refractivity contribution is 6.31. The molecule has 2 aliphatic heterocycles. The SMILES string of the molecule is CCOC(=O)C1=C(N)N(c2ccc(C)c(Cl)c2)C2=C(C(=O)CCC2)C12C(=O)Nc1ccccc12. The van der Waals surface area contributed by atoms with Gasteiger partial charge in [-0.25, -0.2) is 4.79 Å². The lowest BCUT2D eigenvalue weighted by Crippen LogP contribution is -2.53. The Morgan fingerprint density at radius 1 is 1.21 bits per heavy atom. The molecule has 5 rings (SSSR count). The predicted molar refractivity (Wildman–Crippen MR) is 129 cm³/mol. The molecule has 3 aliphatic rings. The van der Waals surface area contributed by atoms with Gasteiger partial charge in [0, 0.05) is 39.7 Å². The Morgan fingerprint density at radius 3 is 2.71 bits per heavy atom. The van der Waals surface area contributed by atoms with Gasteiger partial charge >= 0.3 is 5.97 Å². The molecule has 1 atom stereocenters. The van der Waals surface area contributed by atoms with Crippen LogP contribution < -0.4 is 16.0 Å². The van der Waals surface area contributed by atoms with E-state index in [9.17, 15) is 14.4 Å². The van der Waals surface area contributed by atoms with E-state index in [4.69, 9.17) is 22.1 Å². The topological polar surface area (TPSA) is 102 Å². The first kappa shape index (κ1) is 22.2. The van der Waals surface area contributed by atoms with Crippen molar-refractivity contribution in [3.63, 3.8) is 0 Å². The number of ketones is 1. The lowest BCUT2D eigenvalue weighted by molar-refractivity contribution is -0.140. The fraction of sp³-hybridized carbons (Fsp3) is 0.269. The average Bonchev–Trinajstić information content (AvgIpc) is 3.08. The Bertz CT molecular complexity index is 1330. The molecular weight excluding hydrogens is 454 g/mol. The summed E-state index contributed by atoms with van der Waals surface area (Å²) in [6.07, 6.45) is 1.39. The van der Waals surface area contributed by atoms with Crippen molar-refractivity contribution in [2.24, 2.45) is 5.73 Å². The van der Waals surface area contributed by atoms with Crippen LogP contribution in [0.3, 0.4) is 0 Å². The van der Waals surface area contributed by atoms with E-state index in [2.05, 4.69) is 5.32 Å². The largest absolute Gasteiger partial charge is 0.462 e. The van der Waals surface area contributed by atoms with E-state index in [0.717, 1.165) is 5.56 Å². The zero-order valence-electron chi connectivity index (χ0n) is 18.9. The molecule has 2 aromatic rings. The van der Waals surface area contributed by atoms with Crippen LogP contribution in [0.5, 0.6) is 0 Å². The van der Waals surface area contributed by atoms with Gasteiger partial charge in [0.15, 0.2) is 5.78 Å². The summed E-state index contributed by atoms with van der Waals surface area (Å²) in [6, 6.07) is 12.5. The summed E-state index contributed by atoms with van der Waals surface area (Å²) >= 11 is 6.42. The Labute approximate surface area is 202 Å². The van der Waals surface area contributed by atoms with Crippen LogP contribution in [-0.4, -0.2) is 24.3 Å². The minimum Gasteiger partial charge on any atom is -0.462 e. The van der Waals surface area contributed by atoms with Crippen molar-refractivity contribution in [2.45, 2.75) is 38.5 Å². The Balaban J connectivity index is 1.89. The van der Waals surface area contributed by atoms with Crippen LogP contribution in [0.2, 0.25) is 5.02 Å². The van der Waals surface area contributed by atoms with Crippen molar-refractivity contribution in [1.29, 1.82) is 0 Å². The number of benzene rings is 2. The second-order valence-corrected chi connectivity index (χ2v) is 9.00. The molecule has 0 aromatic heterocycles. The lowest BCUT2D eigenvalue weighted by Gasteiger charge is -2.44. The molecule has 34 heavy (non-hydrogen) atoms. The fourth-order valence-corrected chi connectivity index (χ4v) is 5.46. The molecule has 0 bridgehead atoms. The Hall–Kier alpha value is -3.58. The molecular formula is C26H24ClN3O4. The molecule has 1 aliphatic carbocycles. The Kier molecular flexibility index (Phi) is 5.24. The summed E-state index contributed by atoms with van der Waals surface area (Å²) in [6.45, 7) is 3.65. The number of rotatable bonds is 3. The van der Waals surface area contributed by atoms with Crippen molar-refractivity contribution in [3.05, 3.63) is 81.3 Å². The normalized spacial score (nSPS) is 21.6. The van der Waals surface area contributed by atoms with Crippen LogP contribution in [0.1, 0.15) is 37.3 Å². The molecule has 1 spiro atoms. The number of carbonyl (C=O) groups excluding carboxylic acids is 3. The van der Waals surface area contributed by atoms with E-state index < -0.39 is 17.3 Å². The fourth-order valence-electron chi connectivity index (χ4n) is 5.28. The summed E-state index contributed by atoms with van der Waals surface area (Å²) in [4.78, 5) is 42.5. The maximum atomic E-state index is 13.8. The average molecular weight is 478 g/mol. The molecule has 2 heterocycles. The van der Waals surface area contributed by atoms with Gasteiger partial charge in [-0.3, -0.25) is 14.5 Å². The maximum Gasteiger partial charge on any atom is 0.339 e. The number of hydrogen-bond acceptors (Lipinski definition) is 6. The van der Waals surface area contributed by atoms with Gasteiger partial charge in [-0.05, 0) is 50.5 Å². The number of para-hydroxylation sites is 1. The molecule has 0 fully saturated rings. The third-order valence-electron chi connectivity index (χ3n) is 6.71. The second kappa shape index (κ2) is 8.02. The lowest BCUT2D eigenvalue weighted by atomic mass is 9.63. The molecule has 0 saturated carbocycles. The quantitative estimate of drug-likeness (QED) is 0.645. The number of nitrogens with two attached hydrogens (primary N) is 1. The highest BCUT2D eigenvalue weighted by Gasteiger charge is 2.61. The van der Waals surface area contributed by atoms with E-state index in [1.165, 1.54) is 0 Å². The van der Waals surface area contributed by atoms with Crippen molar-refractivity contribution < 1.29 is 19.1 Å². The third kappa shape index (κ3) is 2.93. The van der Waals surface area contributed by atoms with E-state index in [0.29, 0.717) is 40.5 Å². The van der Waals surface area contributed by atoms with Gasteiger partial charge in [0.05, 0.1) is 6.61 Å². The van der Waals surface area contributed by atoms with Crippen molar-refractivity contribution in [2.75, 3.05) is 16.8 Å². The third-order valence-corrected chi connectivity index (χ3v) is 7.12. The molecule has 174 valence electrons. The molecule has 0 radical (unpaired) electrons. The first-order valence-electron chi connectivity index (χ1n) is 11.2. The zero-order chi connectivity index (χ0) is 24.2. The highest BCUT2D eigenvalue weighted by Crippen LogP contribution is 2.55. The van der Waals surface area contributed by atoms with Gasteiger partial charge in [-0.15, -0.1) is 0 Å². The summed E-state index contributed by atoms with van der Waals surface area (Å²) in [5, 5.41) is 3.39. The van der Waals surface area contributed by atoms with Crippen LogP contribution in [0, 0.1) is 6.92 Å². The van der Waals surface area contributed by atoms with Gasteiger partial charge in [0.25, 0.3) is 0 Å². The number of allylic oxidation sites excluding steroid dienone is 1. The Morgan fingerprint density at radius 2 is 1.97 bits per heavy atom. The van der Waals surface area contributed by atoms with E-state index in [-0.39, 0.29) is 35.8 Å². The zero-order valence-corrected chi connectivity index (χ0v) is 19.7. The number of aryl methyl sites for hydroxylation is 1. The summed E-state index contributed by atoms with van der Waals surface area (Å²) < 4.78 is 5.40. The number of halogens is 1.